The first kappa shape index (κ1) is 16.8. The van der Waals surface area contributed by atoms with E-state index in [0.717, 1.165) is 5.56 Å². The van der Waals surface area contributed by atoms with Gasteiger partial charge in [0.25, 0.3) is 5.91 Å². The van der Waals surface area contributed by atoms with E-state index in [-0.39, 0.29) is 11.3 Å². The SMILES string of the molecule is Cc1ccc(C(=O)O[C@H](C)C(=O)Nc2ccccc2Cl)c(O)c1. The highest BCUT2D eigenvalue weighted by Crippen LogP contribution is 2.22. The van der Waals surface area contributed by atoms with Crippen LogP contribution in [0, 0.1) is 6.92 Å². The Morgan fingerprint density at radius 1 is 1.22 bits per heavy atom. The largest absolute Gasteiger partial charge is 0.507 e. The number of carbonyl (C=O) groups is 2. The highest BCUT2D eigenvalue weighted by atomic mass is 35.5. The summed E-state index contributed by atoms with van der Waals surface area (Å²) in [4.78, 5) is 24.1. The molecule has 23 heavy (non-hydrogen) atoms. The molecule has 0 unspecified atom stereocenters. The number of ether oxygens (including phenoxy) is 1. The van der Waals surface area contributed by atoms with Crippen LogP contribution in [0.4, 0.5) is 5.69 Å². The second-order valence-corrected chi connectivity index (χ2v) is 5.44. The summed E-state index contributed by atoms with van der Waals surface area (Å²) in [5.74, 6) is -1.48. The third kappa shape index (κ3) is 4.23. The summed E-state index contributed by atoms with van der Waals surface area (Å²) in [5, 5.41) is 12.7. The van der Waals surface area contributed by atoms with Crippen LogP contribution in [0.3, 0.4) is 0 Å². The fourth-order valence-electron chi connectivity index (χ4n) is 1.89. The van der Waals surface area contributed by atoms with Crippen molar-refractivity contribution in [2.24, 2.45) is 0 Å². The minimum atomic E-state index is -1.04. The zero-order chi connectivity index (χ0) is 17.0. The molecule has 5 nitrogen and oxygen atoms in total. The predicted molar refractivity (Wildman–Crippen MR) is 87.8 cm³/mol. The number of anilines is 1. The minimum Gasteiger partial charge on any atom is -0.507 e. The number of amides is 1. The van der Waals surface area contributed by atoms with E-state index in [1.54, 1.807) is 37.3 Å². The van der Waals surface area contributed by atoms with E-state index in [9.17, 15) is 14.7 Å². The van der Waals surface area contributed by atoms with Crippen LogP contribution in [0.2, 0.25) is 5.02 Å². The van der Waals surface area contributed by atoms with E-state index in [2.05, 4.69) is 5.32 Å². The van der Waals surface area contributed by atoms with E-state index in [1.165, 1.54) is 19.1 Å². The lowest BCUT2D eigenvalue weighted by atomic mass is 10.1. The summed E-state index contributed by atoms with van der Waals surface area (Å²) in [7, 11) is 0. The summed E-state index contributed by atoms with van der Waals surface area (Å²) >= 11 is 5.95. The van der Waals surface area contributed by atoms with Gasteiger partial charge in [0, 0.05) is 0 Å². The third-order valence-electron chi connectivity index (χ3n) is 3.16. The van der Waals surface area contributed by atoms with Crippen LogP contribution in [0.5, 0.6) is 5.75 Å². The van der Waals surface area contributed by atoms with Gasteiger partial charge in [0.05, 0.1) is 10.7 Å². The molecule has 1 amide bonds. The quantitative estimate of drug-likeness (QED) is 0.839. The lowest BCUT2D eigenvalue weighted by Gasteiger charge is -2.14. The third-order valence-corrected chi connectivity index (χ3v) is 3.49. The fourth-order valence-corrected chi connectivity index (χ4v) is 2.07. The molecule has 2 rings (SSSR count). The molecule has 0 saturated carbocycles. The molecule has 0 aliphatic heterocycles. The smallest absolute Gasteiger partial charge is 0.342 e. The lowest BCUT2D eigenvalue weighted by Crippen LogP contribution is -2.30. The molecule has 0 aliphatic carbocycles. The van der Waals surface area contributed by atoms with Gasteiger partial charge >= 0.3 is 5.97 Å². The Hall–Kier alpha value is -2.53. The number of rotatable bonds is 4. The van der Waals surface area contributed by atoms with Gasteiger partial charge in [0.15, 0.2) is 6.10 Å². The zero-order valence-electron chi connectivity index (χ0n) is 12.7. The van der Waals surface area contributed by atoms with E-state index >= 15 is 0 Å². The zero-order valence-corrected chi connectivity index (χ0v) is 13.4. The highest BCUT2D eigenvalue weighted by Gasteiger charge is 2.21. The van der Waals surface area contributed by atoms with Crippen molar-refractivity contribution >= 4 is 29.2 Å². The topological polar surface area (TPSA) is 75.6 Å². The molecule has 0 aromatic heterocycles. The molecule has 0 bridgehead atoms. The molecular weight excluding hydrogens is 318 g/mol. The van der Waals surface area contributed by atoms with Crippen molar-refractivity contribution in [2.75, 3.05) is 5.32 Å². The van der Waals surface area contributed by atoms with Gasteiger partial charge in [-0.2, -0.15) is 0 Å². The number of aromatic hydroxyl groups is 1. The Morgan fingerprint density at radius 3 is 2.57 bits per heavy atom. The number of halogens is 1. The maximum Gasteiger partial charge on any atom is 0.342 e. The molecule has 0 saturated heterocycles. The maximum atomic E-state index is 12.1. The molecule has 120 valence electrons. The molecule has 0 spiro atoms. The average Bonchev–Trinajstić information content (AvgIpc) is 2.49. The number of esters is 1. The van der Waals surface area contributed by atoms with Gasteiger partial charge < -0.3 is 15.2 Å². The van der Waals surface area contributed by atoms with Crippen molar-refractivity contribution in [2.45, 2.75) is 20.0 Å². The number of phenolic OH excluding ortho intramolecular Hbond substituents is 1. The van der Waals surface area contributed by atoms with Crippen molar-refractivity contribution < 1.29 is 19.4 Å². The highest BCUT2D eigenvalue weighted by molar-refractivity contribution is 6.33. The van der Waals surface area contributed by atoms with Gasteiger partial charge in [-0.3, -0.25) is 4.79 Å². The number of hydrogen-bond acceptors (Lipinski definition) is 4. The molecule has 0 radical (unpaired) electrons. The van der Waals surface area contributed by atoms with E-state index in [4.69, 9.17) is 16.3 Å². The van der Waals surface area contributed by atoms with E-state index < -0.39 is 18.0 Å². The van der Waals surface area contributed by atoms with Gasteiger partial charge in [0.2, 0.25) is 0 Å². The van der Waals surface area contributed by atoms with Gasteiger partial charge in [-0.15, -0.1) is 0 Å². The van der Waals surface area contributed by atoms with Crippen molar-refractivity contribution in [3.8, 4) is 5.75 Å². The van der Waals surface area contributed by atoms with Crippen LogP contribution < -0.4 is 5.32 Å². The van der Waals surface area contributed by atoms with E-state index in [1.807, 2.05) is 0 Å². The number of phenols is 1. The van der Waals surface area contributed by atoms with Crippen LogP contribution in [0.25, 0.3) is 0 Å². The van der Waals surface area contributed by atoms with Crippen molar-refractivity contribution in [3.05, 3.63) is 58.6 Å². The number of nitrogens with one attached hydrogen (secondary N) is 1. The summed E-state index contributed by atoms with van der Waals surface area (Å²) in [6, 6.07) is 11.3. The number of aryl methyl sites for hydroxylation is 1. The van der Waals surface area contributed by atoms with Gasteiger partial charge in [-0.05, 0) is 43.7 Å². The molecule has 1 atom stereocenters. The number of benzene rings is 2. The number of para-hydroxylation sites is 1. The first-order valence-electron chi connectivity index (χ1n) is 6.94. The normalized spacial score (nSPS) is 11.6. The second kappa shape index (κ2) is 7.15. The predicted octanol–water partition coefficient (Wildman–Crippen LogP) is 3.54. The molecule has 2 aromatic rings. The minimum absolute atomic E-state index is 0.00740. The van der Waals surface area contributed by atoms with E-state index in [0.29, 0.717) is 10.7 Å². The standard InChI is InChI=1S/C17H16ClNO4/c1-10-7-8-12(15(20)9-10)17(22)23-11(2)16(21)19-14-6-4-3-5-13(14)18/h3-9,11,20H,1-2H3,(H,19,21)/t11-/m1/s1. The van der Waals surface area contributed by atoms with Crippen LogP contribution in [0.1, 0.15) is 22.8 Å². The monoisotopic (exact) mass is 333 g/mol. The van der Waals surface area contributed by atoms with Gasteiger partial charge in [-0.1, -0.05) is 29.8 Å². The van der Waals surface area contributed by atoms with Crippen LogP contribution in [-0.4, -0.2) is 23.1 Å². The molecule has 2 aromatic carbocycles. The molecule has 0 fully saturated rings. The molecule has 0 heterocycles. The van der Waals surface area contributed by atoms with Crippen LogP contribution in [0.15, 0.2) is 42.5 Å². The Labute approximate surface area is 138 Å². The summed E-state index contributed by atoms with van der Waals surface area (Å²) < 4.78 is 5.08. The first-order chi connectivity index (χ1) is 10.9. The van der Waals surface area contributed by atoms with Gasteiger partial charge in [0.1, 0.15) is 11.3 Å². The van der Waals surface area contributed by atoms with Crippen molar-refractivity contribution in [1.29, 1.82) is 0 Å². The van der Waals surface area contributed by atoms with Gasteiger partial charge in [-0.25, -0.2) is 4.79 Å². The van der Waals surface area contributed by atoms with Crippen LogP contribution in [-0.2, 0) is 9.53 Å². The average molecular weight is 334 g/mol. The Balaban J connectivity index is 2.03. The molecule has 2 N–H and O–H groups in total. The summed E-state index contributed by atoms with van der Waals surface area (Å²) in [6.45, 7) is 3.23. The first-order valence-corrected chi connectivity index (χ1v) is 7.32. The Kier molecular flexibility index (Phi) is 5.24. The summed E-state index contributed by atoms with van der Waals surface area (Å²) in [5.41, 5.74) is 1.25. The van der Waals surface area contributed by atoms with Crippen molar-refractivity contribution in [3.63, 3.8) is 0 Å². The van der Waals surface area contributed by atoms with Crippen molar-refractivity contribution in [1.82, 2.24) is 0 Å². The maximum absolute atomic E-state index is 12.1. The molecule has 0 aliphatic rings. The van der Waals surface area contributed by atoms with Crippen LogP contribution >= 0.6 is 11.6 Å². The Morgan fingerprint density at radius 2 is 1.91 bits per heavy atom. The summed E-state index contributed by atoms with van der Waals surface area (Å²) in [6.07, 6.45) is -1.04. The molecule has 6 heteroatoms. The number of carbonyl (C=O) groups excluding carboxylic acids is 2. The fraction of sp³-hybridized carbons (Fsp3) is 0.176. The Bertz CT molecular complexity index is 745. The lowest BCUT2D eigenvalue weighted by molar-refractivity contribution is -0.123. The number of hydrogen-bond donors (Lipinski definition) is 2. The second-order valence-electron chi connectivity index (χ2n) is 5.04. The molecular formula is C17H16ClNO4.